The quantitative estimate of drug-likeness (QED) is 0.855. The summed E-state index contributed by atoms with van der Waals surface area (Å²) >= 11 is 0. The van der Waals surface area contributed by atoms with Gasteiger partial charge in [0.2, 0.25) is 10.0 Å². The van der Waals surface area contributed by atoms with Crippen LogP contribution in [0.3, 0.4) is 0 Å². The van der Waals surface area contributed by atoms with Crippen LogP contribution >= 0.6 is 0 Å². The molecule has 24 heavy (non-hydrogen) atoms. The minimum Gasteiger partial charge on any atom is -0.365 e. The van der Waals surface area contributed by atoms with E-state index in [1.807, 2.05) is 56.3 Å². The van der Waals surface area contributed by atoms with Gasteiger partial charge in [-0.05, 0) is 37.0 Å². The van der Waals surface area contributed by atoms with Crippen LogP contribution in [0.5, 0.6) is 0 Å². The minimum absolute atomic E-state index is 0.104. The highest BCUT2D eigenvalue weighted by molar-refractivity contribution is 7.89. The smallest absolute Gasteiger partial charge is 0.245 e. The maximum atomic E-state index is 13.1. The molecule has 2 atom stereocenters. The Morgan fingerprint density at radius 1 is 1.08 bits per heavy atom. The van der Waals surface area contributed by atoms with Crippen LogP contribution in [0.1, 0.15) is 18.1 Å². The van der Waals surface area contributed by atoms with Crippen molar-refractivity contribution in [3.63, 3.8) is 0 Å². The number of benzene rings is 2. The summed E-state index contributed by atoms with van der Waals surface area (Å²) in [7, 11) is -3.57. The van der Waals surface area contributed by atoms with E-state index >= 15 is 0 Å². The Labute approximate surface area is 144 Å². The summed E-state index contributed by atoms with van der Waals surface area (Å²) in [5, 5.41) is 0. The Morgan fingerprint density at radius 3 is 2.42 bits per heavy atom. The van der Waals surface area contributed by atoms with Crippen molar-refractivity contribution in [3.8, 4) is 0 Å². The lowest BCUT2D eigenvalue weighted by atomic mass is 9.95. The maximum absolute atomic E-state index is 13.1. The fourth-order valence-electron chi connectivity index (χ4n) is 3.07. The van der Waals surface area contributed by atoms with Crippen LogP contribution < -0.4 is 0 Å². The van der Waals surface area contributed by atoms with Gasteiger partial charge in [-0.25, -0.2) is 8.42 Å². The maximum Gasteiger partial charge on any atom is 0.245 e. The monoisotopic (exact) mass is 345 g/mol. The number of aryl methyl sites for hydroxylation is 1. The van der Waals surface area contributed by atoms with Gasteiger partial charge in [-0.1, -0.05) is 55.0 Å². The lowest BCUT2D eigenvalue weighted by Gasteiger charge is -2.38. The Morgan fingerprint density at radius 2 is 1.75 bits per heavy atom. The SMILES string of the molecule is Cc1ccc(S(=O)(=O)N2COC[C@@H](C)[C@H]2Cc2ccccc2)cc1. The molecule has 0 aromatic heterocycles. The second-order valence-corrected chi connectivity index (χ2v) is 8.33. The third-order valence-corrected chi connectivity index (χ3v) is 6.40. The van der Waals surface area contributed by atoms with Crippen LogP contribution in [0.4, 0.5) is 0 Å². The van der Waals surface area contributed by atoms with Gasteiger partial charge in [0.25, 0.3) is 0 Å². The number of rotatable bonds is 4. The molecule has 0 spiro atoms. The molecule has 2 aromatic rings. The van der Waals surface area contributed by atoms with E-state index in [1.165, 1.54) is 4.31 Å². The van der Waals surface area contributed by atoms with Gasteiger partial charge in [0.05, 0.1) is 11.5 Å². The van der Waals surface area contributed by atoms with E-state index in [9.17, 15) is 8.42 Å². The van der Waals surface area contributed by atoms with Crippen molar-refractivity contribution < 1.29 is 13.2 Å². The van der Waals surface area contributed by atoms with Crippen LogP contribution in [0.2, 0.25) is 0 Å². The first-order chi connectivity index (χ1) is 11.5. The van der Waals surface area contributed by atoms with Crippen molar-refractivity contribution in [1.82, 2.24) is 4.31 Å². The zero-order valence-electron chi connectivity index (χ0n) is 14.1. The number of nitrogens with zero attached hydrogens (tertiary/aromatic N) is 1. The third-order valence-electron chi connectivity index (χ3n) is 4.54. The lowest BCUT2D eigenvalue weighted by molar-refractivity contribution is -0.0336. The number of hydrogen-bond donors (Lipinski definition) is 0. The first-order valence-electron chi connectivity index (χ1n) is 8.18. The highest BCUT2D eigenvalue weighted by Gasteiger charge is 2.37. The molecule has 0 aliphatic carbocycles. The molecule has 4 nitrogen and oxygen atoms in total. The van der Waals surface area contributed by atoms with Crippen LogP contribution in [-0.4, -0.2) is 32.1 Å². The summed E-state index contributed by atoms with van der Waals surface area (Å²) in [6.45, 7) is 4.68. The second-order valence-electron chi connectivity index (χ2n) is 6.44. The molecule has 1 fully saturated rings. The van der Waals surface area contributed by atoms with Crippen LogP contribution in [0, 0.1) is 12.8 Å². The largest absolute Gasteiger partial charge is 0.365 e. The fraction of sp³-hybridized carbons (Fsp3) is 0.368. The van der Waals surface area contributed by atoms with E-state index in [4.69, 9.17) is 4.74 Å². The zero-order valence-corrected chi connectivity index (χ0v) is 14.9. The van der Waals surface area contributed by atoms with Crippen molar-refractivity contribution in [1.29, 1.82) is 0 Å². The first kappa shape index (κ1) is 17.1. The molecular formula is C19H23NO3S. The van der Waals surface area contributed by atoms with Crippen molar-refractivity contribution in [2.45, 2.75) is 31.2 Å². The molecule has 0 bridgehead atoms. The van der Waals surface area contributed by atoms with Gasteiger partial charge < -0.3 is 4.74 Å². The summed E-state index contributed by atoms with van der Waals surface area (Å²) < 4.78 is 33.2. The van der Waals surface area contributed by atoms with Crippen molar-refractivity contribution in [2.24, 2.45) is 5.92 Å². The van der Waals surface area contributed by atoms with Gasteiger partial charge in [0.15, 0.2) is 0 Å². The van der Waals surface area contributed by atoms with Gasteiger partial charge >= 0.3 is 0 Å². The Hall–Kier alpha value is -1.69. The Balaban J connectivity index is 1.92. The predicted molar refractivity (Wildman–Crippen MR) is 94.1 cm³/mol. The standard InChI is InChI=1S/C19H23NO3S/c1-15-8-10-18(11-9-15)24(21,22)20-14-23-13-16(2)19(20)12-17-6-4-3-5-7-17/h3-11,16,19H,12-14H2,1-2H3/t16-,19-/m1/s1. The first-order valence-corrected chi connectivity index (χ1v) is 9.62. The van der Waals surface area contributed by atoms with E-state index < -0.39 is 10.0 Å². The summed E-state index contributed by atoms with van der Waals surface area (Å²) in [5.41, 5.74) is 2.18. The molecule has 1 heterocycles. The highest BCUT2D eigenvalue weighted by atomic mass is 32.2. The van der Waals surface area contributed by atoms with Crippen LogP contribution in [0.25, 0.3) is 0 Å². The molecule has 0 saturated carbocycles. The minimum atomic E-state index is -3.57. The summed E-state index contributed by atoms with van der Waals surface area (Å²) in [6.07, 6.45) is 0.691. The molecule has 5 heteroatoms. The average Bonchev–Trinajstić information content (AvgIpc) is 2.58. The molecule has 1 saturated heterocycles. The second kappa shape index (κ2) is 7.05. The van der Waals surface area contributed by atoms with Gasteiger partial charge in [-0.2, -0.15) is 4.31 Å². The molecule has 0 radical (unpaired) electrons. The molecule has 3 rings (SSSR count). The molecule has 0 amide bonds. The Bertz CT molecular complexity index is 772. The van der Waals surface area contributed by atoms with Gasteiger partial charge in [-0.15, -0.1) is 0 Å². The van der Waals surface area contributed by atoms with Crippen LogP contribution in [0.15, 0.2) is 59.5 Å². The average molecular weight is 345 g/mol. The van der Waals surface area contributed by atoms with Gasteiger partial charge in [-0.3, -0.25) is 0 Å². The number of hydrogen-bond acceptors (Lipinski definition) is 3. The molecule has 0 unspecified atom stereocenters. The van der Waals surface area contributed by atoms with Gasteiger partial charge in [0.1, 0.15) is 6.73 Å². The van der Waals surface area contributed by atoms with Crippen LogP contribution in [-0.2, 0) is 21.2 Å². The van der Waals surface area contributed by atoms with Gasteiger partial charge in [0, 0.05) is 6.04 Å². The van der Waals surface area contributed by atoms with E-state index in [0.717, 1.165) is 11.1 Å². The topological polar surface area (TPSA) is 46.6 Å². The molecular weight excluding hydrogens is 322 g/mol. The molecule has 1 aliphatic heterocycles. The summed E-state index contributed by atoms with van der Waals surface area (Å²) in [5.74, 6) is 0.138. The molecule has 128 valence electrons. The number of ether oxygens (including phenoxy) is 1. The van der Waals surface area contributed by atoms with E-state index in [0.29, 0.717) is 17.9 Å². The lowest BCUT2D eigenvalue weighted by Crippen LogP contribution is -2.51. The normalized spacial score (nSPS) is 22.4. The summed E-state index contributed by atoms with van der Waals surface area (Å²) in [6, 6.07) is 16.9. The Kier molecular flexibility index (Phi) is 5.04. The summed E-state index contributed by atoms with van der Waals surface area (Å²) in [4.78, 5) is 0.323. The molecule has 0 N–H and O–H groups in total. The van der Waals surface area contributed by atoms with Crippen molar-refractivity contribution in [3.05, 3.63) is 65.7 Å². The molecule has 2 aromatic carbocycles. The molecule has 1 aliphatic rings. The predicted octanol–water partition coefficient (Wildman–Crippen LogP) is 3.22. The number of sulfonamides is 1. The highest BCUT2D eigenvalue weighted by Crippen LogP contribution is 2.28. The van der Waals surface area contributed by atoms with E-state index in [1.54, 1.807) is 12.1 Å². The van der Waals surface area contributed by atoms with Crippen molar-refractivity contribution >= 4 is 10.0 Å². The van der Waals surface area contributed by atoms with E-state index in [2.05, 4.69) is 0 Å². The third kappa shape index (κ3) is 3.53. The van der Waals surface area contributed by atoms with E-state index in [-0.39, 0.29) is 18.7 Å². The fourth-order valence-corrected chi connectivity index (χ4v) is 4.67. The van der Waals surface area contributed by atoms with Crippen molar-refractivity contribution in [2.75, 3.05) is 13.3 Å². The zero-order chi connectivity index (χ0) is 17.2.